The lowest BCUT2D eigenvalue weighted by Gasteiger charge is -2.18. The number of nitriles is 1. The molecule has 0 unspecified atom stereocenters. The number of amides is 1. The molecule has 0 bridgehead atoms. The highest BCUT2D eigenvalue weighted by Gasteiger charge is 2.23. The molecule has 23 heavy (non-hydrogen) atoms. The lowest BCUT2D eigenvalue weighted by atomic mass is 9.90. The fourth-order valence-electron chi connectivity index (χ4n) is 3.06. The molecule has 0 aliphatic heterocycles. The van der Waals surface area contributed by atoms with Crippen molar-refractivity contribution in [3.8, 4) is 6.07 Å². The number of hydrogen-bond donors (Lipinski definition) is 0. The molecule has 0 saturated carbocycles. The van der Waals surface area contributed by atoms with Crippen LogP contribution in [0, 0.1) is 17.2 Å². The van der Waals surface area contributed by atoms with Crippen molar-refractivity contribution in [1.82, 2.24) is 4.90 Å². The zero-order valence-corrected chi connectivity index (χ0v) is 14.1. The summed E-state index contributed by atoms with van der Waals surface area (Å²) >= 11 is 1.61. The van der Waals surface area contributed by atoms with Gasteiger partial charge in [-0.2, -0.15) is 5.26 Å². The minimum absolute atomic E-state index is 0.0255. The standard InChI is InChI=1S/C19H20N2OS/c1-14-7-8-17-16(11-14)12-18(23-17)19(22)21(10-9-20)13-15-5-3-2-4-6-15/h2-6,12,14H,7-8,10-11,13H2,1H3/t14-/m1/s1. The first kappa shape index (κ1) is 15.8. The monoisotopic (exact) mass is 324 g/mol. The number of nitrogens with zero attached hydrogens (tertiary/aromatic N) is 2. The first-order valence-electron chi connectivity index (χ1n) is 7.99. The van der Waals surface area contributed by atoms with Crippen molar-refractivity contribution in [3.05, 3.63) is 57.3 Å². The van der Waals surface area contributed by atoms with E-state index in [0.29, 0.717) is 12.5 Å². The van der Waals surface area contributed by atoms with Crippen LogP contribution in [-0.4, -0.2) is 17.4 Å². The SMILES string of the molecule is C[C@@H]1CCc2sc(C(=O)N(CC#N)Cc3ccccc3)cc2C1. The summed E-state index contributed by atoms with van der Waals surface area (Å²) in [6.45, 7) is 2.86. The Morgan fingerprint density at radius 3 is 2.91 bits per heavy atom. The highest BCUT2D eigenvalue weighted by Crippen LogP contribution is 2.32. The summed E-state index contributed by atoms with van der Waals surface area (Å²) in [5.41, 5.74) is 2.37. The van der Waals surface area contributed by atoms with E-state index < -0.39 is 0 Å². The van der Waals surface area contributed by atoms with Crippen LogP contribution in [0.25, 0.3) is 0 Å². The molecule has 0 spiro atoms. The third kappa shape index (κ3) is 3.62. The molecule has 1 aromatic heterocycles. The van der Waals surface area contributed by atoms with Gasteiger partial charge in [-0.05, 0) is 42.4 Å². The van der Waals surface area contributed by atoms with Gasteiger partial charge in [-0.25, -0.2) is 0 Å². The Labute approximate surface area is 141 Å². The minimum atomic E-state index is -0.0255. The van der Waals surface area contributed by atoms with Gasteiger partial charge in [0.2, 0.25) is 0 Å². The van der Waals surface area contributed by atoms with Gasteiger partial charge in [0.1, 0.15) is 6.54 Å². The summed E-state index contributed by atoms with van der Waals surface area (Å²) in [5.74, 6) is 0.669. The molecule has 118 valence electrons. The van der Waals surface area contributed by atoms with E-state index in [-0.39, 0.29) is 12.5 Å². The topological polar surface area (TPSA) is 44.1 Å². The predicted molar refractivity (Wildman–Crippen MR) is 92.3 cm³/mol. The Bertz CT molecular complexity index is 730. The molecule has 1 heterocycles. The molecule has 1 atom stereocenters. The maximum absolute atomic E-state index is 12.8. The Kier molecular flexibility index (Phi) is 4.78. The first-order valence-corrected chi connectivity index (χ1v) is 8.80. The van der Waals surface area contributed by atoms with Crippen LogP contribution in [0.15, 0.2) is 36.4 Å². The second kappa shape index (κ2) is 6.97. The summed E-state index contributed by atoms with van der Waals surface area (Å²) in [7, 11) is 0. The van der Waals surface area contributed by atoms with Crippen molar-refractivity contribution in [1.29, 1.82) is 5.26 Å². The molecule has 2 aromatic rings. The minimum Gasteiger partial charge on any atom is -0.320 e. The quantitative estimate of drug-likeness (QED) is 0.797. The van der Waals surface area contributed by atoms with Crippen molar-refractivity contribution >= 4 is 17.2 Å². The number of hydrogen-bond acceptors (Lipinski definition) is 3. The normalized spacial score (nSPS) is 16.4. The molecule has 0 radical (unpaired) electrons. The van der Waals surface area contributed by atoms with Gasteiger partial charge >= 0.3 is 0 Å². The molecule has 1 aliphatic carbocycles. The highest BCUT2D eigenvalue weighted by atomic mass is 32.1. The maximum Gasteiger partial charge on any atom is 0.265 e. The maximum atomic E-state index is 12.8. The number of rotatable bonds is 4. The van der Waals surface area contributed by atoms with Gasteiger partial charge in [-0.1, -0.05) is 37.3 Å². The van der Waals surface area contributed by atoms with Crippen LogP contribution in [0.3, 0.4) is 0 Å². The fraction of sp³-hybridized carbons (Fsp3) is 0.368. The highest BCUT2D eigenvalue weighted by molar-refractivity contribution is 7.14. The van der Waals surface area contributed by atoms with Crippen LogP contribution in [0.5, 0.6) is 0 Å². The Balaban J connectivity index is 1.80. The largest absolute Gasteiger partial charge is 0.320 e. The van der Waals surface area contributed by atoms with Crippen LogP contribution in [0.4, 0.5) is 0 Å². The van der Waals surface area contributed by atoms with E-state index in [1.807, 2.05) is 36.4 Å². The van der Waals surface area contributed by atoms with Gasteiger partial charge in [0.15, 0.2) is 0 Å². The second-order valence-corrected chi connectivity index (χ2v) is 7.35. The summed E-state index contributed by atoms with van der Waals surface area (Å²) in [5, 5.41) is 9.07. The molecule has 0 N–H and O–H groups in total. The zero-order chi connectivity index (χ0) is 16.2. The second-order valence-electron chi connectivity index (χ2n) is 6.21. The average Bonchev–Trinajstić information content (AvgIpc) is 2.98. The molecule has 1 amide bonds. The molecule has 0 saturated heterocycles. The fourth-order valence-corrected chi connectivity index (χ4v) is 4.23. The van der Waals surface area contributed by atoms with E-state index in [2.05, 4.69) is 13.0 Å². The third-order valence-electron chi connectivity index (χ3n) is 4.31. The van der Waals surface area contributed by atoms with E-state index in [4.69, 9.17) is 5.26 Å². The van der Waals surface area contributed by atoms with Gasteiger partial charge < -0.3 is 4.90 Å². The average molecular weight is 324 g/mol. The molecular formula is C19H20N2OS. The smallest absolute Gasteiger partial charge is 0.265 e. The Hall–Kier alpha value is -2.12. The number of carbonyl (C=O) groups is 1. The lowest BCUT2D eigenvalue weighted by Crippen LogP contribution is -2.30. The molecule has 0 fully saturated rings. The zero-order valence-electron chi connectivity index (χ0n) is 13.3. The van der Waals surface area contributed by atoms with Crippen molar-refractivity contribution in [2.24, 2.45) is 5.92 Å². The van der Waals surface area contributed by atoms with Crippen LogP contribution in [0.2, 0.25) is 0 Å². The van der Waals surface area contributed by atoms with Crippen molar-refractivity contribution < 1.29 is 4.79 Å². The van der Waals surface area contributed by atoms with Crippen molar-refractivity contribution in [2.45, 2.75) is 32.7 Å². The molecule has 3 nitrogen and oxygen atoms in total. The summed E-state index contributed by atoms with van der Waals surface area (Å²) in [4.78, 5) is 16.6. The molecule has 1 aromatic carbocycles. The number of thiophene rings is 1. The Morgan fingerprint density at radius 2 is 2.17 bits per heavy atom. The predicted octanol–water partition coefficient (Wildman–Crippen LogP) is 4.04. The van der Waals surface area contributed by atoms with Crippen molar-refractivity contribution in [2.75, 3.05) is 6.54 Å². The van der Waals surface area contributed by atoms with Gasteiger partial charge in [-0.15, -0.1) is 11.3 Å². The van der Waals surface area contributed by atoms with Crippen LogP contribution < -0.4 is 0 Å². The van der Waals surface area contributed by atoms with E-state index in [0.717, 1.165) is 23.3 Å². The van der Waals surface area contributed by atoms with E-state index in [1.54, 1.807) is 16.2 Å². The van der Waals surface area contributed by atoms with Gasteiger partial charge in [-0.3, -0.25) is 4.79 Å². The summed E-state index contributed by atoms with van der Waals surface area (Å²) in [6, 6.07) is 14.0. The molecular weight excluding hydrogens is 304 g/mol. The number of benzene rings is 1. The van der Waals surface area contributed by atoms with Crippen LogP contribution in [-0.2, 0) is 19.4 Å². The van der Waals surface area contributed by atoms with Gasteiger partial charge in [0.25, 0.3) is 5.91 Å². The Morgan fingerprint density at radius 1 is 1.39 bits per heavy atom. The van der Waals surface area contributed by atoms with E-state index in [9.17, 15) is 4.79 Å². The lowest BCUT2D eigenvalue weighted by molar-refractivity contribution is 0.0769. The van der Waals surface area contributed by atoms with Crippen molar-refractivity contribution in [3.63, 3.8) is 0 Å². The van der Waals surface area contributed by atoms with Crippen LogP contribution >= 0.6 is 11.3 Å². The number of fused-ring (bicyclic) bond motifs is 1. The molecule has 3 rings (SSSR count). The van der Waals surface area contributed by atoms with Crippen LogP contribution in [0.1, 0.15) is 39.0 Å². The summed E-state index contributed by atoms with van der Waals surface area (Å²) < 4.78 is 0. The van der Waals surface area contributed by atoms with E-state index >= 15 is 0 Å². The van der Waals surface area contributed by atoms with Gasteiger partial charge in [0, 0.05) is 11.4 Å². The molecule has 4 heteroatoms. The number of aryl methyl sites for hydroxylation is 1. The van der Waals surface area contributed by atoms with E-state index in [1.165, 1.54) is 16.9 Å². The third-order valence-corrected chi connectivity index (χ3v) is 5.53. The first-order chi connectivity index (χ1) is 11.2. The van der Waals surface area contributed by atoms with Gasteiger partial charge in [0.05, 0.1) is 10.9 Å². The summed E-state index contributed by atoms with van der Waals surface area (Å²) in [6.07, 6.45) is 3.34. The number of carbonyl (C=O) groups excluding carboxylic acids is 1. The molecule has 1 aliphatic rings.